The van der Waals surface area contributed by atoms with Gasteiger partial charge in [-0.15, -0.1) is 0 Å². The normalized spacial score (nSPS) is 25.5. The van der Waals surface area contributed by atoms with Gasteiger partial charge in [0.25, 0.3) is 0 Å². The second-order valence-corrected chi connectivity index (χ2v) is 6.69. The van der Waals surface area contributed by atoms with E-state index in [0.29, 0.717) is 6.54 Å². The molecule has 0 bridgehead atoms. The summed E-state index contributed by atoms with van der Waals surface area (Å²) >= 11 is 0. The molecule has 0 amide bonds. The lowest BCUT2D eigenvalue weighted by Crippen LogP contribution is -2.36. The fourth-order valence-corrected chi connectivity index (χ4v) is 4.20. The number of hydrogen-bond donors (Lipinski definition) is 2. The van der Waals surface area contributed by atoms with Gasteiger partial charge in [0, 0.05) is 37.9 Å². The number of likely N-dealkylation sites (tertiary alicyclic amines) is 1. The Morgan fingerprint density at radius 1 is 1.48 bits per heavy atom. The first kappa shape index (κ1) is 14.6. The maximum atomic E-state index is 11.7. The van der Waals surface area contributed by atoms with Gasteiger partial charge in [-0.25, -0.2) is 4.98 Å². The molecular formula is C16H25N3O2. The summed E-state index contributed by atoms with van der Waals surface area (Å²) in [5.74, 6) is 0.191. The molecule has 1 saturated carbocycles. The Kier molecular flexibility index (Phi) is 4.02. The highest BCUT2D eigenvalue weighted by atomic mass is 16.4. The molecule has 2 aliphatic rings. The highest BCUT2D eigenvalue weighted by molar-refractivity contribution is 5.72. The van der Waals surface area contributed by atoms with Crippen LogP contribution in [0.3, 0.4) is 0 Å². The minimum absolute atomic E-state index is 0.0116. The Balaban J connectivity index is 1.72. The summed E-state index contributed by atoms with van der Waals surface area (Å²) in [6.45, 7) is 4.47. The molecular weight excluding hydrogens is 266 g/mol. The van der Waals surface area contributed by atoms with Gasteiger partial charge in [-0.05, 0) is 18.3 Å². The van der Waals surface area contributed by atoms with Gasteiger partial charge in [0.15, 0.2) is 0 Å². The lowest BCUT2D eigenvalue weighted by Gasteiger charge is -2.36. The predicted molar refractivity (Wildman–Crippen MR) is 79.9 cm³/mol. The molecule has 21 heavy (non-hydrogen) atoms. The molecule has 1 aliphatic heterocycles. The van der Waals surface area contributed by atoms with Crippen molar-refractivity contribution in [2.45, 2.75) is 52.0 Å². The van der Waals surface area contributed by atoms with Crippen LogP contribution >= 0.6 is 0 Å². The largest absolute Gasteiger partial charge is 0.481 e. The zero-order valence-electron chi connectivity index (χ0n) is 12.8. The third-order valence-electron chi connectivity index (χ3n) is 5.28. The first-order valence-corrected chi connectivity index (χ1v) is 8.11. The van der Waals surface area contributed by atoms with Crippen LogP contribution < -0.4 is 0 Å². The number of carboxylic acid groups (broad SMARTS) is 1. The minimum Gasteiger partial charge on any atom is -0.481 e. The Morgan fingerprint density at radius 3 is 2.86 bits per heavy atom. The van der Waals surface area contributed by atoms with Crippen molar-refractivity contribution < 1.29 is 9.90 Å². The number of imidazole rings is 1. The summed E-state index contributed by atoms with van der Waals surface area (Å²) in [6, 6.07) is 0. The summed E-state index contributed by atoms with van der Waals surface area (Å²) in [4.78, 5) is 21.6. The average Bonchev–Trinajstić information content (AvgIpc) is 3.05. The second kappa shape index (κ2) is 5.79. The van der Waals surface area contributed by atoms with Gasteiger partial charge in [0.2, 0.25) is 0 Å². The van der Waals surface area contributed by atoms with Gasteiger partial charge < -0.3 is 10.1 Å². The van der Waals surface area contributed by atoms with Gasteiger partial charge in [0.05, 0.1) is 5.92 Å². The van der Waals surface area contributed by atoms with E-state index >= 15 is 0 Å². The van der Waals surface area contributed by atoms with Crippen LogP contribution in [0.4, 0.5) is 0 Å². The molecule has 2 fully saturated rings. The van der Waals surface area contributed by atoms with E-state index in [9.17, 15) is 9.90 Å². The molecule has 5 heteroatoms. The van der Waals surface area contributed by atoms with E-state index in [4.69, 9.17) is 0 Å². The van der Waals surface area contributed by atoms with E-state index < -0.39 is 5.97 Å². The highest BCUT2D eigenvalue weighted by Gasteiger charge is 2.50. The van der Waals surface area contributed by atoms with Crippen LogP contribution in [0.2, 0.25) is 0 Å². The zero-order valence-corrected chi connectivity index (χ0v) is 12.8. The number of carboxylic acids is 1. The van der Waals surface area contributed by atoms with Crippen LogP contribution in [-0.2, 0) is 17.8 Å². The quantitative estimate of drug-likeness (QED) is 0.894. The number of carbonyl (C=O) groups is 1. The van der Waals surface area contributed by atoms with Gasteiger partial charge in [-0.1, -0.05) is 26.2 Å². The summed E-state index contributed by atoms with van der Waals surface area (Å²) in [5, 5.41) is 9.61. The summed E-state index contributed by atoms with van der Waals surface area (Å²) in [5.41, 5.74) is 1.11. The molecule has 1 aliphatic carbocycles. The monoisotopic (exact) mass is 291 g/mol. The molecule has 3 rings (SSSR count). The number of nitrogens with one attached hydrogen (secondary N) is 1. The van der Waals surface area contributed by atoms with Crippen molar-refractivity contribution in [3.8, 4) is 0 Å². The molecule has 1 aromatic heterocycles. The van der Waals surface area contributed by atoms with E-state index in [1.54, 1.807) is 0 Å². The second-order valence-electron chi connectivity index (χ2n) is 6.69. The summed E-state index contributed by atoms with van der Waals surface area (Å²) in [6.07, 6.45) is 8.56. The van der Waals surface area contributed by atoms with Crippen LogP contribution in [0.5, 0.6) is 0 Å². The number of H-pyrrole nitrogens is 1. The van der Waals surface area contributed by atoms with Gasteiger partial charge in [0.1, 0.15) is 5.82 Å². The number of nitrogens with zero attached hydrogens (tertiary/aromatic N) is 2. The number of aromatic nitrogens is 2. The minimum atomic E-state index is -0.613. The molecule has 1 unspecified atom stereocenters. The number of aliphatic carboxylic acids is 1. The van der Waals surface area contributed by atoms with Gasteiger partial charge in [-0.2, -0.15) is 0 Å². The lowest BCUT2D eigenvalue weighted by atomic mass is 9.68. The first-order valence-electron chi connectivity index (χ1n) is 8.11. The van der Waals surface area contributed by atoms with Crippen molar-refractivity contribution in [2.75, 3.05) is 13.1 Å². The SMILES string of the molecule is CCc1ncc(CN2CC(C(=O)O)C3(CCCCC3)C2)[nH]1. The van der Waals surface area contributed by atoms with Crippen LogP contribution in [0, 0.1) is 11.3 Å². The molecule has 2 N–H and O–H groups in total. The molecule has 1 spiro atoms. The fraction of sp³-hybridized carbons (Fsp3) is 0.750. The van der Waals surface area contributed by atoms with Crippen LogP contribution in [0.25, 0.3) is 0 Å². The van der Waals surface area contributed by atoms with E-state index in [-0.39, 0.29) is 11.3 Å². The Morgan fingerprint density at radius 2 is 2.24 bits per heavy atom. The molecule has 5 nitrogen and oxygen atoms in total. The molecule has 116 valence electrons. The van der Waals surface area contributed by atoms with Crippen molar-refractivity contribution in [3.63, 3.8) is 0 Å². The fourth-order valence-electron chi connectivity index (χ4n) is 4.20. The van der Waals surface area contributed by atoms with Crippen molar-refractivity contribution in [1.29, 1.82) is 0 Å². The first-order chi connectivity index (χ1) is 10.1. The number of aryl methyl sites for hydroxylation is 1. The van der Waals surface area contributed by atoms with E-state index in [1.165, 1.54) is 19.3 Å². The van der Waals surface area contributed by atoms with E-state index in [2.05, 4.69) is 21.8 Å². The molecule has 0 aromatic carbocycles. The molecule has 1 aromatic rings. The third-order valence-corrected chi connectivity index (χ3v) is 5.28. The molecule has 1 atom stereocenters. The summed E-state index contributed by atoms with van der Waals surface area (Å²) in [7, 11) is 0. The van der Waals surface area contributed by atoms with Gasteiger partial charge in [-0.3, -0.25) is 9.69 Å². The summed E-state index contributed by atoms with van der Waals surface area (Å²) < 4.78 is 0. The van der Waals surface area contributed by atoms with Crippen molar-refractivity contribution in [3.05, 3.63) is 17.7 Å². The average molecular weight is 291 g/mol. The van der Waals surface area contributed by atoms with Crippen LogP contribution in [0.15, 0.2) is 6.20 Å². The number of rotatable bonds is 4. The smallest absolute Gasteiger partial charge is 0.308 e. The predicted octanol–water partition coefficient (Wildman–Crippen LogP) is 2.44. The van der Waals surface area contributed by atoms with Crippen molar-refractivity contribution in [2.24, 2.45) is 11.3 Å². The zero-order chi connectivity index (χ0) is 14.9. The molecule has 0 radical (unpaired) electrons. The highest BCUT2D eigenvalue weighted by Crippen LogP contribution is 2.47. The van der Waals surface area contributed by atoms with Crippen LogP contribution in [-0.4, -0.2) is 39.0 Å². The Labute approximate surface area is 125 Å². The molecule has 2 heterocycles. The number of hydrogen-bond acceptors (Lipinski definition) is 3. The Hall–Kier alpha value is -1.36. The van der Waals surface area contributed by atoms with Crippen molar-refractivity contribution >= 4 is 5.97 Å². The standard InChI is InChI=1S/C16H25N3O2/c1-2-14-17-8-12(18-14)9-19-10-13(15(20)21)16(11-19)6-4-3-5-7-16/h8,13H,2-7,9-11H2,1H3,(H,17,18)(H,20,21). The van der Waals surface area contributed by atoms with E-state index in [1.807, 2.05) is 6.20 Å². The Bertz CT molecular complexity index is 505. The van der Waals surface area contributed by atoms with Crippen molar-refractivity contribution in [1.82, 2.24) is 14.9 Å². The molecule has 1 saturated heterocycles. The third kappa shape index (κ3) is 2.84. The lowest BCUT2D eigenvalue weighted by molar-refractivity contribution is -0.145. The van der Waals surface area contributed by atoms with E-state index in [0.717, 1.165) is 43.9 Å². The topological polar surface area (TPSA) is 69.2 Å². The number of aromatic amines is 1. The van der Waals surface area contributed by atoms with Gasteiger partial charge >= 0.3 is 5.97 Å². The maximum absolute atomic E-state index is 11.7. The maximum Gasteiger partial charge on any atom is 0.308 e. The van der Waals surface area contributed by atoms with Crippen LogP contribution in [0.1, 0.15) is 50.5 Å².